The molecule has 0 spiro atoms. The van der Waals surface area contributed by atoms with Crippen molar-refractivity contribution >= 4 is 23.5 Å². The summed E-state index contributed by atoms with van der Waals surface area (Å²) in [5.74, 6) is 2.86. The van der Waals surface area contributed by atoms with Crippen LogP contribution >= 0.6 is 0 Å². The highest BCUT2D eigenvalue weighted by Crippen LogP contribution is 2.66. The number of hydrogen-bond donors (Lipinski definition) is 4. The Morgan fingerprint density at radius 1 is 0.300 bits per heavy atom. The maximum absolute atomic E-state index is 5.35. The van der Waals surface area contributed by atoms with Crippen LogP contribution < -0.4 is 21.3 Å². The van der Waals surface area contributed by atoms with Crippen LogP contribution in [0.1, 0.15) is 68.4 Å². The zero-order valence-corrected chi connectivity index (χ0v) is 33.4. The molecule has 0 amide bonds. The quantitative estimate of drug-likeness (QED) is 0.0769. The van der Waals surface area contributed by atoms with E-state index in [0.717, 1.165) is 34.2 Å². The van der Waals surface area contributed by atoms with E-state index in [1.165, 1.54) is 22.3 Å². The van der Waals surface area contributed by atoms with E-state index in [0.29, 0.717) is 38.1 Å². The topological polar surface area (TPSA) is 99.7 Å². The van der Waals surface area contributed by atoms with Crippen molar-refractivity contribution in [2.45, 2.75) is 49.9 Å². The lowest BCUT2D eigenvalue weighted by molar-refractivity contribution is 0.220. The van der Waals surface area contributed by atoms with Crippen molar-refractivity contribution in [2.75, 3.05) is 21.3 Å². The van der Waals surface area contributed by atoms with E-state index in [-0.39, 0.29) is 23.7 Å². The van der Waals surface area contributed by atoms with Crippen LogP contribution in [0.4, 0.5) is 23.5 Å². The minimum Gasteiger partial charge on any atom is -0.366 e. The zero-order chi connectivity index (χ0) is 40.4. The summed E-state index contributed by atoms with van der Waals surface area (Å²) >= 11 is 0. The van der Waals surface area contributed by atoms with Gasteiger partial charge in [0.2, 0.25) is 11.9 Å². The molecule has 0 bridgehead atoms. The Hall–Kier alpha value is -7.32. The van der Waals surface area contributed by atoms with E-state index in [4.69, 9.17) is 19.9 Å². The van der Waals surface area contributed by atoms with Crippen LogP contribution in [-0.2, 0) is 26.2 Å². The minimum atomic E-state index is 0.00812. The lowest BCUT2D eigenvalue weighted by Gasteiger charge is -2.52. The standard InChI is InChI=1S/C52H48N8/c1-7-19-37(20-8-1)33-53-45-31-43(57-51(59-45)55-35-39-23-11-3-12-24-39)49-47(41-27-15-5-16-28-41)50(48(49)42-29-17-6-18-30-42)44-32-46(54-34-38-21-9-2-10-22-38)60-52(58-44)56-36-40-25-13-4-14-26-40/h1-32,47-50H,33-36H2,(H2,53,55,57,59)(H2,54,56,58,60)/t47-,48-,49-,50-. The largest absolute Gasteiger partial charge is 0.366 e. The number of hydrogen-bond acceptors (Lipinski definition) is 8. The van der Waals surface area contributed by atoms with Crippen LogP contribution in [-0.4, -0.2) is 19.9 Å². The number of benzene rings is 6. The summed E-state index contributed by atoms with van der Waals surface area (Å²) < 4.78 is 0. The molecule has 0 radical (unpaired) electrons. The highest BCUT2D eigenvalue weighted by molar-refractivity contribution is 5.53. The Kier molecular flexibility index (Phi) is 11.8. The molecule has 1 fully saturated rings. The Morgan fingerprint density at radius 3 is 0.900 bits per heavy atom. The molecular weight excluding hydrogens is 737 g/mol. The molecule has 8 nitrogen and oxygen atoms in total. The van der Waals surface area contributed by atoms with E-state index in [1.54, 1.807) is 0 Å². The van der Waals surface area contributed by atoms with Crippen molar-refractivity contribution in [1.82, 2.24) is 19.9 Å². The van der Waals surface area contributed by atoms with Gasteiger partial charge in [0.1, 0.15) is 11.6 Å². The van der Waals surface area contributed by atoms with Gasteiger partial charge in [0.15, 0.2) is 0 Å². The molecule has 1 saturated carbocycles. The molecule has 0 saturated heterocycles. The van der Waals surface area contributed by atoms with Gasteiger partial charge in [-0.1, -0.05) is 182 Å². The molecule has 6 aromatic carbocycles. The minimum absolute atomic E-state index is 0.00812. The van der Waals surface area contributed by atoms with Gasteiger partial charge in [-0.2, -0.15) is 9.97 Å². The highest BCUT2D eigenvalue weighted by Gasteiger charge is 2.54. The summed E-state index contributed by atoms with van der Waals surface area (Å²) in [6, 6.07) is 67.7. The van der Waals surface area contributed by atoms with Crippen LogP contribution in [0.15, 0.2) is 194 Å². The van der Waals surface area contributed by atoms with Crippen molar-refractivity contribution in [1.29, 1.82) is 0 Å². The molecule has 296 valence electrons. The Morgan fingerprint density at radius 2 is 0.583 bits per heavy atom. The second-order valence-corrected chi connectivity index (χ2v) is 15.3. The normalized spacial score (nSPS) is 16.9. The van der Waals surface area contributed by atoms with E-state index in [2.05, 4.69) is 191 Å². The fourth-order valence-corrected chi connectivity index (χ4v) is 8.41. The number of nitrogens with one attached hydrogen (secondary N) is 4. The third kappa shape index (κ3) is 9.19. The average molecular weight is 785 g/mol. The smallest absolute Gasteiger partial charge is 0.225 e. The summed E-state index contributed by atoms with van der Waals surface area (Å²) in [4.78, 5) is 20.7. The van der Waals surface area contributed by atoms with Crippen LogP contribution in [0.2, 0.25) is 0 Å². The number of aromatic nitrogens is 4. The molecule has 1 aliphatic carbocycles. The fraction of sp³-hybridized carbons (Fsp3) is 0.154. The summed E-state index contributed by atoms with van der Waals surface area (Å²) in [7, 11) is 0. The van der Waals surface area contributed by atoms with Gasteiger partial charge in [-0.25, -0.2) is 9.97 Å². The molecule has 8 heteroatoms. The Bertz CT molecular complexity index is 2250. The van der Waals surface area contributed by atoms with Crippen molar-refractivity contribution in [3.05, 3.63) is 239 Å². The first-order valence-electron chi connectivity index (χ1n) is 20.7. The average Bonchev–Trinajstić information content (AvgIpc) is 3.30. The predicted molar refractivity (Wildman–Crippen MR) is 243 cm³/mol. The first kappa shape index (κ1) is 38.2. The van der Waals surface area contributed by atoms with Crippen LogP contribution in [0.5, 0.6) is 0 Å². The molecule has 60 heavy (non-hydrogen) atoms. The van der Waals surface area contributed by atoms with Gasteiger partial charge in [-0.3, -0.25) is 0 Å². The van der Waals surface area contributed by atoms with Crippen molar-refractivity contribution in [3.8, 4) is 0 Å². The van der Waals surface area contributed by atoms with Gasteiger partial charge < -0.3 is 21.3 Å². The van der Waals surface area contributed by atoms with E-state index in [1.807, 2.05) is 24.3 Å². The first-order chi connectivity index (χ1) is 29.7. The molecular formula is C52H48N8. The van der Waals surface area contributed by atoms with Crippen LogP contribution in [0, 0.1) is 0 Å². The lowest BCUT2D eigenvalue weighted by atomic mass is 9.50. The first-order valence-corrected chi connectivity index (χ1v) is 20.7. The third-order valence-electron chi connectivity index (χ3n) is 11.3. The van der Waals surface area contributed by atoms with Gasteiger partial charge in [-0.15, -0.1) is 0 Å². The summed E-state index contributed by atoms with van der Waals surface area (Å²) in [6.07, 6.45) is 0. The molecule has 8 aromatic rings. The summed E-state index contributed by atoms with van der Waals surface area (Å²) in [6.45, 7) is 2.51. The van der Waals surface area contributed by atoms with E-state index >= 15 is 0 Å². The van der Waals surface area contributed by atoms with Gasteiger partial charge in [-0.05, 0) is 33.4 Å². The van der Waals surface area contributed by atoms with Crippen LogP contribution in [0.3, 0.4) is 0 Å². The van der Waals surface area contributed by atoms with E-state index in [9.17, 15) is 0 Å². The fourth-order valence-electron chi connectivity index (χ4n) is 8.41. The molecule has 2 heterocycles. The van der Waals surface area contributed by atoms with Crippen LogP contribution in [0.25, 0.3) is 0 Å². The number of nitrogens with zero attached hydrogens (tertiary/aromatic N) is 4. The summed E-state index contributed by atoms with van der Waals surface area (Å²) in [5.41, 5.74) is 9.14. The van der Waals surface area contributed by atoms with Gasteiger partial charge >= 0.3 is 0 Å². The third-order valence-corrected chi connectivity index (χ3v) is 11.3. The molecule has 9 rings (SSSR count). The number of rotatable bonds is 16. The maximum Gasteiger partial charge on any atom is 0.225 e. The van der Waals surface area contributed by atoms with Gasteiger partial charge in [0.25, 0.3) is 0 Å². The molecule has 0 unspecified atom stereocenters. The SMILES string of the molecule is c1ccc(CNc2cc([C@H]3[C@H](c4ccccc4)[C@H](c4cc(NCc5ccccc5)nc(NCc5ccccc5)n4)[C@H]3c3ccccc3)nc(NCc3ccccc3)n2)cc1. The van der Waals surface area contributed by atoms with Crippen molar-refractivity contribution in [3.63, 3.8) is 0 Å². The Balaban J connectivity index is 1.14. The summed E-state index contributed by atoms with van der Waals surface area (Å²) in [5, 5.41) is 14.4. The maximum atomic E-state index is 5.35. The van der Waals surface area contributed by atoms with E-state index < -0.39 is 0 Å². The molecule has 1 aliphatic rings. The molecule has 0 atom stereocenters. The van der Waals surface area contributed by atoms with Crippen molar-refractivity contribution in [2.24, 2.45) is 0 Å². The van der Waals surface area contributed by atoms with Gasteiger partial charge in [0, 0.05) is 62.0 Å². The van der Waals surface area contributed by atoms with Gasteiger partial charge in [0.05, 0.1) is 11.4 Å². The number of anilines is 4. The molecule has 2 aromatic heterocycles. The molecule has 4 N–H and O–H groups in total. The zero-order valence-electron chi connectivity index (χ0n) is 33.4. The Labute approximate surface area is 352 Å². The predicted octanol–water partition coefficient (Wildman–Crippen LogP) is 11.2. The second kappa shape index (κ2) is 18.5. The monoisotopic (exact) mass is 784 g/mol. The highest BCUT2D eigenvalue weighted by atomic mass is 15.2. The molecule has 0 aliphatic heterocycles. The lowest BCUT2D eigenvalue weighted by Crippen LogP contribution is -2.41. The van der Waals surface area contributed by atoms with Crippen molar-refractivity contribution < 1.29 is 0 Å². The second-order valence-electron chi connectivity index (χ2n) is 15.3.